The zero-order valence-corrected chi connectivity index (χ0v) is 15.0. The molecule has 1 N–H and O–H groups in total. The summed E-state index contributed by atoms with van der Waals surface area (Å²) in [5.74, 6) is 0. The van der Waals surface area contributed by atoms with Crippen LogP contribution in [0.1, 0.15) is 29.7 Å². The Balaban J connectivity index is 2.21. The van der Waals surface area contributed by atoms with Crippen molar-refractivity contribution in [2.75, 3.05) is 6.54 Å². The van der Waals surface area contributed by atoms with Crippen LogP contribution in [0.15, 0.2) is 51.4 Å². The normalized spacial score (nSPS) is 12.4. The Morgan fingerprint density at radius 2 is 1.75 bits per heavy atom. The maximum Gasteiger partial charge on any atom is 0.0360 e. The highest BCUT2D eigenvalue weighted by atomic mass is 79.9. The monoisotopic (exact) mass is 395 g/mol. The van der Waals surface area contributed by atoms with E-state index in [0.29, 0.717) is 6.04 Å². The first-order valence-electron chi connectivity index (χ1n) is 6.84. The van der Waals surface area contributed by atoms with E-state index >= 15 is 0 Å². The number of halogens is 2. The van der Waals surface area contributed by atoms with Gasteiger partial charge >= 0.3 is 0 Å². The molecule has 106 valence electrons. The third kappa shape index (κ3) is 4.18. The molecule has 2 aromatic carbocycles. The van der Waals surface area contributed by atoms with Crippen LogP contribution in [0.5, 0.6) is 0 Å². The van der Waals surface area contributed by atoms with Crippen LogP contribution < -0.4 is 5.32 Å². The van der Waals surface area contributed by atoms with E-state index in [9.17, 15) is 0 Å². The van der Waals surface area contributed by atoms with Gasteiger partial charge in [-0.15, -0.1) is 0 Å². The molecule has 0 heterocycles. The fourth-order valence-corrected chi connectivity index (χ4v) is 2.81. The van der Waals surface area contributed by atoms with E-state index in [4.69, 9.17) is 0 Å². The molecule has 1 nitrogen and oxygen atoms in total. The number of benzene rings is 2. The van der Waals surface area contributed by atoms with Gasteiger partial charge in [0, 0.05) is 15.0 Å². The van der Waals surface area contributed by atoms with Crippen LogP contribution in [-0.4, -0.2) is 6.54 Å². The van der Waals surface area contributed by atoms with E-state index in [-0.39, 0.29) is 0 Å². The van der Waals surface area contributed by atoms with E-state index in [1.807, 2.05) is 0 Å². The lowest BCUT2D eigenvalue weighted by molar-refractivity contribution is 0.549. The standard InChI is InChI=1S/C17H19Br2N/c1-3-20-17(11-13-4-7-15(18)8-5-13)14-6-9-16(19)12(2)10-14/h4-10,17,20H,3,11H2,1-2H3. The summed E-state index contributed by atoms with van der Waals surface area (Å²) in [7, 11) is 0. The summed E-state index contributed by atoms with van der Waals surface area (Å²) >= 11 is 7.05. The van der Waals surface area contributed by atoms with Gasteiger partial charge < -0.3 is 5.32 Å². The largest absolute Gasteiger partial charge is 0.310 e. The maximum atomic E-state index is 3.58. The maximum absolute atomic E-state index is 3.58. The quantitative estimate of drug-likeness (QED) is 0.711. The lowest BCUT2D eigenvalue weighted by Gasteiger charge is -2.19. The molecule has 0 radical (unpaired) electrons. The molecule has 0 aromatic heterocycles. The van der Waals surface area contributed by atoms with E-state index in [2.05, 4.69) is 93.5 Å². The lowest BCUT2D eigenvalue weighted by atomic mass is 9.97. The van der Waals surface area contributed by atoms with Crippen molar-refractivity contribution in [3.8, 4) is 0 Å². The van der Waals surface area contributed by atoms with Crippen LogP contribution in [-0.2, 0) is 6.42 Å². The molecule has 20 heavy (non-hydrogen) atoms. The van der Waals surface area contributed by atoms with Crippen LogP contribution in [0.25, 0.3) is 0 Å². The first kappa shape index (κ1) is 15.7. The van der Waals surface area contributed by atoms with Gasteiger partial charge in [0.05, 0.1) is 0 Å². The van der Waals surface area contributed by atoms with E-state index in [1.165, 1.54) is 21.2 Å². The molecule has 0 spiro atoms. The van der Waals surface area contributed by atoms with Gasteiger partial charge in [0.1, 0.15) is 0 Å². The zero-order chi connectivity index (χ0) is 14.5. The first-order valence-corrected chi connectivity index (χ1v) is 8.42. The summed E-state index contributed by atoms with van der Waals surface area (Å²) in [6.07, 6.45) is 1.00. The molecule has 1 unspecified atom stereocenters. The van der Waals surface area contributed by atoms with Gasteiger partial charge in [-0.3, -0.25) is 0 Å². The number of hydrogen-bond acceptors (Lipinski definition) is 1. The van der Waals surface area contributed by atoms with Crippen molar-refractivity contribution in [1.29, 1.82) is 0 Å². The number of nitrogens with one attached hydrogen (secondary N) is 1. The number of aryl methyl sites for hydroxylation is 1. The van der Waals surface area contributed by atoms with Crippen molar-refractivity contribution in [2.24, 2.45) is 0 Å². The molecule has 0 aliphatic heterocycles. The summed E-state index contributed by atoms with van der Waals surface area (Å²) in [6.45, 7) is 5.26. The van der Waals surface area contributed by atoms with Crippen molar-refractivity contribution in [3.63, 3.8) is 0 Å². The molecule has 0 saturated carbocycles. The molecule has 0 amide bonds. The minimum absolute atomic E-state index is 0.355. The molecule has 2 aromatic rings. The lowest BCUT2D eigenvalue weighted by Crippen LogP contribution is -2.23. The fraction of sp³-hybridized carbons (Fsp3) is 0.294. The zero-order valence-electron chi connectivity index (χ0n) is 11.8. The fourth-order valence-electron chi connectivity index (χ4n) is 2.30. The molecule has 0 saturated heterocycles. The smallest absolute Gasteiger partial charge is 0.0360 e. The molecule has 0 aliphatic carbocycles. The third-order valence-electron chi connectivity index (χ3n) is 3.39. The highest BCUT2D eigenvalue weighted by molar-refractivity contribution is 9.10. The molecule has 0 bridgehead atoms. The van der Waals surface area contributed by atoms with Crippen LogP contribution >= 0.6 is 31.9 Å². The molecular weight excluding hydrogens is 378 g/mol. The van der Waals surface area contributed by atoms with E-state index in [0.717, 1.165) is 17.4 Å². The third-order valence-corrected chi connectivity index (χ3v) is 4.81. The summed E-state index contributed by atoms with van der Waals surface area (Å²) in [4.78, 5) is 0. The van der Waals surface area contributed by atoms with Crippen LogP contribution in [0.2, 0.25) is 0 Å². The van der Waals surface area contributed by atoms with Gasteiger partial charge in [-0.25, -0.2) is 0 Å². The highest BCUT2D eigenvalue weighted by Gasteiger charge is 2.12. The summed E-state index contributed by atoms with van der Waals surface area (Å²) < 4.78 is 2.29. The van der Waals surface area contributed by atoms with Gasteiger partial charge in [-0.05, 0) is 54.8 Å². The van der Waals surface area contributed by atoms with E-state index in [1.54, 1.807) is 0 Å². The van der Waals surface area contributed by atoms with Gasteiger partial charge in [0.25, 0.3) is 0 Å². The molecule has 2 rings (SSSR count). The number of likely N-dealkylation sites (N-methyl/N-ethyl adjacent to an activating group) is 1. The molecule has 0 aliphatic rings. The summed E-state index contributed by atoms with van der Waals surface area (Å²) in [5, 5.41) is 3.58. The second-order valence-electron chi connectivity index (χ2n) is 4.95. The summed E-state index contributed by atoms with van der Waals surface area (Å²) in [5.41, 5.74) is 3.97. The van der Waals surface area contributed by atoms with Crippen molar-refractivity contribution in [3.05, 3.63) is 68.1 Å². The van der Waals surface area contributed by atoms with Crippen LogP contribution in [0.4, 0.5) is 0 Å². The Hall–Kier alpha value is -0.640. The van der Waals surface area contributed by atoms with Gasteiger partial charge in [-0.1, -0.05) is 63.0 Å². The highest BCUT2D eigenvalue weighted by Crippen LogP contribution is 2.24. The second kappa shape index (κ2) is 7.39. The van der Waals surface area contributed by atoms with Crippen LogP contribution in [0.3, 0.4) is 0 Å². The Morgan fingerprint density at radius 1 is 1.05 bits per heavy atom. The molecular formula is C17H19Br2N. The summed E-state index contributed by atoms with van der Waals surface area (Å²) in [6, 6.07) is 15.5. The van der Waals surface area contributed by atoms with Crippen LogP contribution in [0, 0.1) is 6.92 Å². The molecule has 0 fully saturated rings. The Kier molecular flexibility index (Phi) is 5.82. The Bertz CT molecular complexity index is 564. The van der Waals surface area contributed by atoms with Crippen molar-refractivity contribution < 1.29 is 0 Å². The first-order chi connectivity index (χ1) is 9.60. The SMILES string of the molecule is CCNC(Cc1ccc(Br)cc1)c1ccc(Br)c(C)c1. The number of hydrogen-bond donors (Lipinski definition) is 1. The van der Waals surface area contributed by atoms with E-state index < -0.39 is 0 Å². The van der Waals surface area contributed by atoms with Gasteiger partial charge in [0.15, 0.2) is 0 Å². The predicted molar refractivity (Wildman–Crippen MR) is 93.1 cm³/mol. The minimum Gasteiger partial charge on any atom is -0.310 e. The predicted octanol–water partition coefficient (Wildman–Crippen LogP) is 5.41. The number of rotatable bonds is 5. The second-order valence-corrected chi connectivity index (χ2v) is 6.72. The van der Waals surface area contributed by atoms with Crippen molar-refractivity contribution in [1.82, 2.24) is 5.32 Å². The van der Waals surface area contributed by atoms with Crippen molar-refractivity contribution in [2.45, 2.75) is 26.3 Å². The Labute approximate surface area is 138 Å². The van der Waals surface area contributed by atoms with Gasteiger partial charge in [-0.2, -0.15) is 0 Å². The average molecular weight is 397 g/mol. The average Bonchev–Trinajstić information content (AvgIpc) is 2.44. The molecule has 3 heteroatoms. The Morgan fingerprint density at radius 3 is 2.35 bits per heavy atom. The minimum atomic E-state index is 0.355. The molecule has 1 atom stereocenters. The van der Waals surface area contributed by atoms with Crippen molar-refractivity contribution >= 4 is 31.9 Å². The van der Waals surface area contributed by atoms with Gasteiger partial charge in [0.2, 0.25) is 0 Å². The topological polar surface area (TPSA) is 12.0 Å².